The summed E-state index contributed by atoms with van der Waals surface area (Å²) in [5.74, 6) is 0.178. The lowest BCUT2D eigenvalue weighted by molar-refractivity contribution is -0.123. The molecular weight excluding hydrogens is 202 g/mol. The first-order valence-corrected chi connectivity index (χ1v) is 6.33. The third-order valence-electron chi connectivity index (χ3n) is 3.67. The highest BCUT2D eigenvalue weighted by molar-refractivity contribution is 6.02. The fourth-order valence-corrected chi connectivity index (χ4v) is 2.50. The smallest absolute Gasteiger partial charge is 0.178 e. The summed E-state index contributed by atoms with van der Waals surface area (Å²) in [7, 11) is 0. The molecule has 0 bridgehead atoms. The molecule has 1 aliphatic carbocycles. The Kier molecular flexibility index (Phi) is 3.77. The molecule has 1 heterocycles. The van der Waals surface area contributed by atoms with Crippen LogP contribution >= 0.6 is 0 Å². The largest absolute Gasteiger partial charge is 0.381 e. The number of rotatable bonds is 2. The van der Waals surface area contributed by atoms with E-state index in [-0.39, 0.29) is 5.78 Å². The van der Waals surface area contributed by atoms with E-state index in [4.69, 9.17) is 10.5 Å². The highest BCUT2D eigenvalue weighted by Gasteiger charge is 2.37. The van der Waals surface area contributed by atoms with E-state index in [1.807, 2.05) is 0 Å². The predicted molar refractivity (Wildman–Crippen MR) is 63.1 cm³/mol. The molecule has 0 aromatic carbocycles. The van der Waals surface area contributed by atoms with Gasteiger partial charge in [-0.2, -0.15) is 0 Å². The number of ketones is 1. The van der Waals surface area contributed by atoms with Gasteiger partial charge in [-0.05, 0) is 44.1 Å². The summed E-state index contributed by atoms with van der Waals surface area (Å²) in [6, 6.07) is 0. The minimum absolute atomic E-state index is 0.178. The summed E-state index contributed by atoms with van der Waals surface area (Å²) in [6.45, 7) is 1.24. The molecule has 2 rings (SSSR count). The van der Waals surface area contributed by atoms with Crippen molar-refractivity contribution in [1.82, 2.24) is 0 Å². The van der Waals surface area contributed by atoms with Crippen molar-refractivity contribution in [2.24, 2.45) is 5.73 Å². The molecule has 0 aromatic heterocycles. The van der Waals surface area contributed by atoms with Crippen molar-refractivity contribution in [2.45, 2.75) is 50.5 Å². The summed E-state index contributed by atoms with van der Waals surface area (Å²) >= 11 is 0. The van der Waals surface area contributed by atoms with Crippen LogP contribution in [0.25, 0.3) is 0 Å². The van der Waals surface area contributed by atoms with Crippen LogP contribution in [-0.4, -0.2) is 24.5 Å². The minimum atomic E-state index is -0.644. The van der Waals surface area contributed by atoms with Crippen LogP contribution in [-0.2, 0) is 9.53 Å². The second-order valence-corrected chi connectivity index (χ2v) is 4.93. The number of hydrogen-bond donors (Lipinski definition) is 1. The Balaban J connectivity index is 2.07. The standard InChI is InChI=1S/C13H21NO2/c14-13(7-9-16-10-8-13)12(15)11-5-3-1-2-4-6-11/h5H,1-4,6-10,14H2. The maximum absolute atomic E-state index is 12.4. The molecule has 0 spiro atoms. The molecule has 0 unspecified atom stereocenters. The number of carbonyl (C=O) groups excluding carboxylic acids is 1. The molecule has 0 atom stereocenters. The molecule has 3 heteroatoms. The number of nitrogens with two attached hydrogens (primary N) is 1. The Morgan fingerprint density at radius 1 is 1.25 bits per heavy atom. The molecule has 0 amide bonds. The van der Waals surface area contributed by atoms with Crippen molar-refractivity contribution in [1.29, 1.82) is 0 Å². The normalized spacial score (nSPS) is 25.7. The van der Waals surface area contributed by atoms with Crippen molar-refractivity contribution >= 4 is 5.78 Å². The van der Waals surface area contributed by atoms with Crippen molar-refractivity contribution in [3.05, 3.63) is 11.6 Å². The molecular formula is C13H21NO2. The van der Waals surface area contributed by atoms with Crippen LogP contribution in [0.2, 0.25) is 0 Å². The molecule has 0 saturated carbocycles. The SMILES string of the molecule is NC1(C(=O)C2=CCCCCC2)CCOCC1. The fraction of sp³-hybridized carbons (Fsp3) is 0.769. The van der Waals surface area contributed by atoms with E-state index in [0.717, 1.165) is 24.8 Å². The number of hydrogen-bond acceptors (Lipinski definition) is 3. The van der Waals surface area contributed by atoms with Gasteiger partial charge in [0.2, 0.25) is 0 Å². The summed E-state index contributed by atoms with van der Waals surface area (Å²) in [5.41, 5.74) is 6.54. The molecule has 1 aliphatic heterocycles. The molecule has 1 saturated heterocycles. The lowest BCUT2D eigenvalue weighted by atomic mass is 9.82. The van der Waals surface area contributed by atoms with Gasteiger partial charge in [0, 0.05) is 13.2 Å². The number of ether oxygens (including phenoxy) is 1. The Labute approximate surface area is 97.0 Å². The van der Waals surface area contributed by atoms with Crippen LogP contribution in [0, 0.1) is 0 Å². The van der Waals surface area contributed by atoms with E-state index in [1.54, 1.807) is 0 Å². The lowest BCUT2D eigenvalue weighted by Gasteiger charge is -2.32. The first-order valence-electron chi connectivity index (χ1n) is 6.33. The fourth-order valence-electron chi connectivity index (χ4n) is 2.50. The van der Waals surface area contributed by atoms with Crippen LogP contribution < -0.4 is 5.73 Å². The molecule has 0 radical (unpaired) electrons. The molecule has 0 aromatic rings. The summed E-state index contributed by atoms with van der Waals surface area (Å²) in [6.07, 6.45) is 8.97. The van der Waals surface area contributed by atoms with Gasteiger partial charge < -0.3 is 10.5 Å². The number of allylic oxidation sites excluding steroid dienone is 1. The monoisotopic (exact) mass is 223 g/mol. The average molecular weight is 223 g/mol. The molecule has 2 aliphatic rings. The van der Waals surface area contributed by atoms with Crippen molar-refractivity contribution in [2.75, 3.05) is 13.2 Å². The van der Waals surface area contributed by atoms with Gasteiger partial charge in [-0.3, -0.25) is 4.79 Å². The van der Waals surface area contributed by atoms with Gasteiger partial charge in [-0.15, -0.1) is 0 Å². The van der Waals surface area contributed by atoms with Crippen molar-refractivity contribution in [3.63, 3.8) is 0 Å². The van der Waals surface area contributed by atoms with Gasteiger partial charge in [-0.1, -0.05) is 12.5 Å². The molecule has 3 nitrogen and oxygen atoms in total. The topological polar surface area (TPSA) is 52.3 Å². The Morgan fingerprint density at radius 2 is 2.00 bits per heavy atom. The third-order valence-corrected chi connectivity index (χ3v) is 3.67. The zero-order valence-corrected chi connectivity index (χ0v) is 9.84. The first kappa shape index (κ1) is 11.8. The lowest BCUT2D eigenvalue weighted by Crippen LogP contribution is -2.52. The zero-order chi connectivity index (χ0) is 11.4. The maximum atomic E-state index is 12.4. The second kappa shape index (κ2) is 5.11. The Hall–Kier alpha value is -0.670. The Bertz CT molecular complexity index is 290. The van der Waals surface area contributed by atoms with Crippen LogP contribution in [0.1, 0.15) is 44.9 Å². The third kappa shape index (κ3) is 2.53. The van der Waals surface area contributed by atoms with Gasteiger partial charge >= 0.3 is 0 Å². The second-order valence-electron chi connectivity index (χ2n) is 4.93. The van der Waals surface area contributed by atoms with Gasteiger partial charge in [-0.25, -0.2) is 0 Å². The van der Waals surface area contributed by atoms with Gasteiger partial charge in [0.15, 0.2) is 5.78 Å². The van der Waals surface area contributed by atoms with Crippen LogP contribution in [0.5, 0.6) is 0 Å². The predicted octanol–water partition coefficient (Wildman–Crippen LogP) is 1.95. The first-order chi connectivity index (χ1) is 7.72. The van der Waals surface area contributed by atoms with E-state index >= 15 is 0 Å². The van der Waals surface area contributed by atoms with Crippen LogP contribution in [0.15, 0.2) is 11.6 Å². The quantitative estimate of drug-likeness (QED) is 0.778. The van der Waals surface area contributed by atoms with E-state index < -0.39 is 5.54 Å². The van der Waals surface area contributed by atoms with E-state index in [0.29, 0.717) is 26.1 Å². The number of carbonyl (C=O) groups is 1. The molecule has 16 heavy (non-hydrogen) atoms. The van der Waals surface area contributed by atoms with Gasteiger partial charge in [0.25, 0.3) is 0 Å². The van der Waals surface area contributed by atoms with Crippen molar-refractivity contribution in [3.8, 4) is 0 Å². The highest BCUT2D eigenvalue weighted by atomic mass is 16.5. The summed E-state index contributed by atoms with van der Waals surface area (Å²) in [5, 5.41) is 0. The summed E-state index contributed by atoms with van der Waals surface area (Å²) in [4.78, 5) is 12.4. The molecule has 90 valence electrons. The molecule has 1 fully saturated rings. The van der Waals surface area contributed by atoms with Crippen LogP contribution in [0.3, 0.4) is 0 Å². The highest BCUT2D eigenvalue weighted by Crippen LogP contribution is 2.26. The number of Topliss-reactive ketones (excluding diaryl/α,β-unsaturated/α-hetero) is 1. The zero-order valence-electron chi connectivity index (χ0n) is 9.84. The maximum Gasteiger partial charge on any atom is 0.178 e. The van der Waals surface area contributed by atoms with Crippen LogP contribution in [0.4, 0.5) is 0 Å². The molecule has 2 N–H and O–H groups in total. The summed E-state index contributed by atoms with van der Waals surface area (Å²) < 4.78 is 5.28. The average Bonchev–Trinajstić information content (AvgIpc) is 2.57. The van der Waals surface area contributed by atoms with Gasteiger partial charge in [0.1, 0.15) is 0 Å². The van der Waals surface area contributed by atoms with E-state index in [1.165, 1.54) is 12.8 Å². The van der Waals surface area contributed by atoms with E-state index in [9.17, 15) is 4.79 Å². The van der Waals surface area contributed by atoms with Gasteiger partial charge in [0.05, 0.1) is 5.54 Å². The Morgan fingerprint density at radius 3 is 2.75 bits per heavy atom. The minimum Gasteiger partial charge on any atom is -0.381 e. The van der Waals surface area contributed by atoms with Crippen molar-refractivity contribution < 1.29 is 9.53 Å². The van der Waals surface area contributed by atoms with E-state index in [2.05, 4.69) is 6.08 Å².